The molecule has 1 saturated heterocycles. The Morgan fingerprint density at radius 3 is 2.89 bits per heavy atom. The van der Waals surface area contributed by atoms with Gasteiger partial charge >= 0.3 is 0 Å². The van der Waals surface area contributed by atoms with Gasteiger partial charge in [-0.25, -0.2) is 13.1 Å². The molecule has 0 aromatic heterocycles. The molecule has 1 aromatic rings. The van der Waals surface area contributed by atoms with Gasteiger partial charge in [0.15, 0.2) is 0 Å². The van der Waals surface area contributed by atoms with Crippen molar-refractivity contribution >= 4 is 27.3 Å². The van der Waals surface area contributed by atoms with E-state index < -0.39 is 10.0 Å². The summed E-state index contributed by atoms with van der Waals surface area (Å²) in [6.07, 6.45) is 2.89. The molecule has 1 aliphatic rings. The topological polar surface area (TPSA) is 81.4 Å². The number of benzene rings is 1. The summed E-state index contributed by atoms with van der Waals surface area (Å²) in [6.45, 7) is 1.12. The minimum Gasteiger partial charge on any atom is -0.398 e. The van der Waals surface area contributed by atoms with E-state index >= 15 is 0 Å². The van der Waals surface area contributed by atoms with Crippen LogP contribution in [0.2, 0.25) is 5.02 Å². The van der Waals surface area contributed by atoms with Crippen LogP contribution in [-0.4, -0.2) is 27.7 Å². The first kappa shape index (κ1) is 14.6. The van der Waals surface area contributed by atoms with Crippen LogP contribution in [0.5, 0.6) is 0 Å². The molecule has 19 heavy (non-hydrogen) atoms. The summed E-state index contributed by atoms with van der Waals surface area (Å²) >= 11 is 5.82. The van der Waals surface area contributed by atoms with Crippen LogP contribution >= 0.6 is 11.6 Å². The van der Waals surface area contributed by atoms with Crippen LogP contribution in [0.1, 0.15) is 19.3 Å². The first-order valence-corrected chi connectivity index (χ1v) is 8.01. The van der Waals surface area contributed by atoms with Crippen LogP contribution in [-0.2, 0) is 14.8 Å². The van der Waals surface area contributed by atoms with E-state index in [0.29, 0.717) is 18.7 Å². The number of anilines is 1. The third kappa shape index (κ3) is 3.82. The second-order valence-corrected chi connectivity index (χ2v) is 6.68. The van der Waals surface area contributed by atoms with Crippen molar-refractivity contribution in [1.29, 1.82) is 0 Å². The molecule has 7 heteroatoms. The third-order valence-electron chi connectivity index (χ3n) is 3.06. The van der Waals surface area contributed by atoms with E-state index in [1.807, 2.05) is 0 Å². The Bertz CT molecular complexity index is 542. The number of hydrogen-bond donors (Lipinski definition) is 2. The van der Waals surface area contributed by atoms with Gasteiger partial charge in [-0.2, -0.15) is 0 Å². The zero-order valence-corrected chi connectivity index (χ0v) is 12.0. The molecular weight excluding hydrogens is 288 g/mol. The molecule has 1 aliphatic heterocycles. The first-order chi connectivity index (χ1) is 8.99. The number of nitrogens with two attached hydrogens (primary N) is 1. The summed E-state index contributed by atoms with van der Waals surface area (Å²) in [5, 5.41) is 0.238. The minimum absolute atomic E-state index is 0.124. The molecule has 106 valence electrons. The number of nitrogen functional groups attached to an aromatic ring is 1. The van der Waals surface area contributed by atoms with Crippen LogP contribution in [0, 0.1) is 0 Å². The van der Waals surface area contributed by atoms with Gasteiger partial charge < -0.3 is 10.5 Å². The van der Waals surface area contributed by atoms with Gasteiger partial charge in [0.05, 0.1) is 21.7 Å². The summed E-state index contributed by atoms with van der Waals surface area (Å²) in [6, 6.07) is 4.28. The molecule has 3 N–H and O–H groups in total. The molecule has 0 spiro atoms. The molecule has 1 unspecified atom stereocenters. The van der Waals surface area contributed by atoms with E-state index in [-0.39, 0.29) is 16.0 Å². The Morgan fingerprint density at radius 2 is 2.26 bits per heavy atom. The smallest absolute Gasteiger partial charge is 0.240 e. The third-order valence-corrected chi connectivity index (χ3v) is 4.85. The van der Waals surface area contributed by atoms with Crippen LogP contribution < -0.4 is 10.5 Å². The minimum atomic E-state index is -3.54. The van der Waals surface area contributed by atoms with E-state index in [2.05, 4.69) is 4.72 Å². The lowest BCUT2D eigenvalue weighted by molar-refractivity contribution is 0.105. The first-order valence-electron chi connectivity index (χ1n) is 6.15. The van der Waals surface area contributed by atoms with Crippen LogP contribution in [0.15, 0.2) is 23.1 Å². The number of ether oxygens (including phenoxy) is 1. The average molecular weight is 305 g/mol. The lowest BCUT2D eigenvalue weighted by Crippen LogP contribution is -2.27. The van der Waals surface area contributed by atoms with Crippen molar-refractivity contribution in [3.05, 3.63) is 23.2 Å². The molecule has 0 aliphatic carbocycles. The maximum absolute atomic E-state index is 12.0. The summed E-state index contributed by atoms with van der Waals surface area (Å²) in [5.74, 6) is 0. The van der Waals surface area contributed by atoms with E-state index in [0.717, 1.165) is 19.4 Å². The quantitative estimate of drug-likeness (QED) is 0.812. The van der Waals surface area contributed by atoms with Crippen LogP contribution in [0.25, 0.3) is 0 Å². The number of rotatable bonds is 5. The zero-order chi connectivity index (χ0) is 13.9. The molecular formula is C12H17ClN2O3S. The number of sulfonamides is 1. The maximum Gasteiger partial charge on any atom is 0.240 e. The Hall–Kier alpha value is -0.820. The van der Waals surface area contributed by atoms with Gasteiger partial charge in [-0.1, -0.05) is 11.6 Å². The Kier molecular flexibility index (Phi) is 4.67. The monoisotopic (exact) mass is 304 g/mol. The predicted molar refractivity (Wildman–Crippen MR) is 74.6 cm³/mol. The number of hydrogen-bond acceptors (Lipinski definition) is 4. The molecule has 0 amide bonds. The Balaban J connectivity index is 1.95. The van der Waals surface area contributed by atoms with E-state index in [1.165, 1.54) is 18.2 Å². The molecule has 0 radical (unpaired) electrons. The lowest BCUT2D eigenvalue weighted by atomic mass is 10.2. The predicted octanol–water partition coefficient (Wildman–Crippen LogP) is 1.77. The largest absolute Gasteiger partial charge is 0.398 e. The Morgan fingerprint density at radius 1 is 1.47 bits per heavy atom. The highest BCUT2D eigenvalue weighted by molar-refractivity contribution is 7.89. The zero-order valence-electron chi connectivity index (χ0n) is 10.4. The maximum atomic E-state index is 12.0. The van der Waals surface area contributed by atoms with Crippen molar-refractivity contribution in [3.63, 3.8) is 0 Å². The van der Waals surface area contributed by atoms with E-state index in [9.17, 15) is 8.42 Å². The van der Waals surface area contributed by atoms with E-state index in [4.69, 9.17) is 22.1 Å². The molecule has 0 saturated carbocycles. The SMILES string of the molecule is Nc1ccc(S(=O)(=O)NCCC2CCCO2)cc1Cl. The molecule has 1 fully saturated rings. The highest BCUT2D eigenvalue weighted by Crippen LogP contribution is 2.22. The average Bonchev–Trinajstić information content (AvgIpc) is 2.85. The van der Waals surface area contributed by atoms with Gasteiger partial charge in [0.25, 0.3) is 0 Å². The molecule has 5 nitrogen and oxygen atoms in total. The lowest BCUT2D eigenvalue weighted by Gasteiger charge is -2.11. The highest BCUT2D eigenvalue weighted by Gasteiger charge is 2.18. The summed E-state index contributed by atoms with van der Waals surface area (Å²) in [7, 11) is -3.54. The van der Waals surface area contributed by atoms with E-state index in [1.54, 1.807) is 0 Å². The Labute approximate surface area is 118 Å². The number of nitrogens with one attached hydrogen (secondary N) is 1. The van der Waals surface area contributed by atoms with Crippen molar-refractivity contribution in [2.45, 2.75) is 30.3 Å². The molecule has 0 bridgehead atoms. The second-order valence-electron chi connectivity index (χ2n) is 4.50. The summed E-state index contributed by atoms with van der Waals surface area (Å²) in [5.41, 5.74) is 5.91. The van der Waals surface area contributed by atoms with Gasteiger partial charge in [0.1, 0.15) is 0 Å². The van der Waals surface area contributed by atoms with Crippen molar-refractivity contribution in [1.82, 2.24) is 4.72 Å². The fourth-order valence-electron chi connectivity index (χ4n) is 1.98. The van der Waals surface area contributed by atoms with Gasteiger partial charge in [-0.3, -0.25) is 0 Å². The molecule has 2 rings (SSSR count). The molecule has 1 heterocycles. The van der Waals surface area contributed by atoms with Crippen LogP contribution in [0.3, 0.4) is 0 Å². The summed E-state index contributed by atoms with van der Waals surface area (Å²) < 4.78 is 32.0. The van der Waals surface area contributed by atoms with Gasteiger partial charge in [-0.15, -0.1) is 0 Å². The normalized spacial score (nSPS) is 19.7. The fraction of sp³-hybridized carbons (Fsp3) is 0.500. The van der Waals surface area contributed by atoms with Crippen molar-refractivity contribution in [2.24, 2.45) is 0 Å². The standard InChI is InChI=1S/C12H17ClN2O3S/c13-11-8-10(3-4-12(11)14)19(16,17)15-6-5-9-2-1-7-18-9/h3-4,8-9,15H,1-2,5-7,14H2. The second kappa shape index (κ2) is 6.09. The van der Waals surface area contributed by atoms with Crippen molar-refractivity contribution in [3.8, 4) is 0 Å². The van der Waals surface area contributed by atoms with Crippen LogP contribution in [0.4, 0.5) is 5.69 Å². The van der Waals surface area contributed by atoms with Crippen molar-refractivity contribution in [2.75, 3.05) is 18.9 Å². The number of halogens is 1. The van der Waals surface area contributed by atoms with Gasteiger partial charge in [0.2, 0.25) is 10.0 Å². The molecule has 1 aromatic carbocycles. The van der Waals surface area contributed by atoms with Gasteiger partial charge in [0, 0.05) is 13.2 Å². The highest BCUT2D eigenvalue weighted by atomic mass is 35.5. The fourth-order valence-corrected chi connectivity index (χ4v) is 3.30. The molecule has 1 atom stereocenters. The van der Waals surface area contributed by atoms with Crippen molar-refractivity contribution < 1.29 is 13.2 Å². The van der Waals surface area contributed by atoms with Gasteiger partial charge in [-0.05, 0) is 37.5 Å². The summed E-state index contributed by atoms with van der Waals surface area (Å²) in [4.78, 5) is 0.124.